The maximum absolute atomic E-state index is 2.39. The largest absolute Gasteiger partial charge is 0.310 e. The lowest BCUT2D eigenvalue weighted by molar-refractivity contribution is 1.29. The van der Waals surface area contributed by atoms with E-state index in [1.165, 1.54) is 63.6 Å². The maximum atomic E-state index is 2.39. The van der Waals surface area contributed by atoms with E-state index in [1.54, 1.807) is 0 Å². The van der Waals surface area contributed by atoms with Gasteiger partial charge in [-0.05, 0) is 123 Å². The van der Waals surface area contributed by atoms with Crippen LogP contribution in [0.15, 0.2) is 218 Å². The zero-order chi connectivity index (χ0) is 37.7. The van der Waals surface area contributed by atoms with Gasteiger partial charge in [0.15, 0.2) is 0 Å². The summed E-state index contributed by atoms with van der Waals surface area (Å²) >= 11 is 1.91. The van der Waals surface area contributed by atoms with Crippen molar-refractivity contribution in [2.45, 2.75) is 0 Å². The molecule has 0 aliphatic heterocycles. The fourth-order valence-corrected chi connectivity index (χ4v) is 9.81. The van der Waals surface area contributed by atoms with E-state index in [-0.39, 0.29) is 0 Å². The minimum atomic E-state index is 1.14. The van der Waals surface area contributed by atoms with Gasteiger partial charge in [-0.1, -0.05) is 133 Å². The van der Waals surface area contributed by atoms with Gasteiger partial charge in [0, 0.05) is 59.7 Å². The number of rotatable bonds is 7. The van der Waals surface area contributed by atoms with E-state index in [1.807, 2.05) is 11.3 Å². The highest BCUT2D eigenvalue weighted by Crippen LogP contribution is 2.47. The number of nitrogens with zero attached hydrogens (tertiary/aromatic N) is 2. The fourth-order valence-electron chi connectivity index (χ4n) is 8.52. The summed E-state index contributed by atoms with van der Waals surface area (Å²) in [4.78, 5) is 4.67. The Morgan fingerprint density at radius 2 is 0.737 bits per heavy atom. The second-order valence-corrected chi connectivity index (χ2v) is 15.6. The standard InChI is InChI=1S/C54H36N2S/c1-5-15-41(16-6-1)55(42-17-7-2-8-18-42)45-29-27-38-33-37(25-26-39(38)34-45)40-28-31-50-52(35-40)57-54-49-32-30-46(36-51(49)47-23-13-14-24-48(47)53(50)54)56(43-19-9-3-10-20-43)44-21-11-4-12-22-44/h1-36H. The van der Waals surface area contributed by atoms with E-state index in [0.717, 1.165) is 34.1 Å². The molecule has 0 aliphatic rings. The van der Waals surface area contributed by atoms with Crippen molar-refractivity contribution in [3.05, 3.63) is 218 Å². The fraction of sp³-hybridized carbons (Fsp3) is 0. The molecule has 0 spiro atoms. The first-order valence-corrected chi connectivity index (χ1v) is 20.2. The molecule has 0 amide bonds. The molecule has 2 nitrogen and oxygen atoms in total. The number of hydrogen-bond acceptors (Lipinski definition) is 3. The zero-order valence-electron chi connectivity index (χ0n) is 31.1. The molecule has 0 radical (unpaired) electrons. The van der Waals surface area contributed by atoms with E-state index in [0.29, 0.717) is 0 Å². The van der Waals surface area contributed by atoms with Crippen molar-refractivity contribution in [1.29, 1.82) is 0 Å². The quantitative estimate of drug-likeness (QED) is 0.150. The van der Waals surface area contributed by atoms with Crippen molar-refractivity contribution in [2.24, 2.45) is 0 Å². The number of para-hydroxylation sites is 4. The van der Waals surface area contributed by atoms with Crippen LogP contribution >= 0.6 is 11.3 Å². The number of thiophene rings is 1. The van der Waals surface area contributed by atoms with Gasteiger partial charge in [-0.3, -0.25) is 0 Å². The average molecular weight is 745 g/mol. The summed E-state index contributed by atoms with van der Waals surface area (Å²) in [5, 5.41) is 10.2. The molecule has 0 aliphatic carbocycles. The minimum absolute atomic E-state index is 1.14. The van der Waals surface area contributed by atoms with Gasteiger partial charge < -0.3 is 9.80 Å². The lowest BCUT2D eigenvalue weighted by Gasteiger charge is -2.26. The van der Waals surface area contributed by atoms with Crippen LogP contribution < -0.4 is 9.80 Å². The molecule has 57 heavy (non-hydrogen) atoms. The van der Waals surface area contributed by atoms with Crippen LogP contribution in [0.2, 0.25) is 0 Å². The highest BCUT2D eigenvalue weighted by Gasteiger charge is 2.19. The van der Waals surface area contributed by atoms with Gasteiger partial charge >= 0.3 is 0 Å². The number of hydrogen-bond donors (Lipinski definition) is 0. The Kier molecular flexibility index (Phi) is 8.04. The summed E-state index contributed by atoms with van der Waals surface area (Å²) in [6.07, 6.45) is 0. The third kappa shape index (κ3) is 5.80. The van der Waals surface area contributed by atoms with Crippen LogP contribution in [0.3, 0.4) is 0 Å². The monoisotopic (exact) mass is 744 g/mol. The third-order valence-electron chi connectivity index (χ3n) is 11.2. The predicted molar refractivity (Wildman–Crippen MR) is 247 cm³/mol. The van der Waals surface area contributed by atoms with Crippen LogP contribution in [0.5, 0.6) is 0 Å². The van der Waals surface area contributed by atoms with Crippen LogP contribution in [0, 0.1) is 0 Å². The summed E-state index contributed by atoms with van der Waals surface area (Å²) in [6.45, 7) is 0. The van der Waals surface area contributed by atoms with Gasteiger partial charge in [-0.15, -0.1) is 11.3 Å². The van der Waals surface area contributed by atoms with E-state index >= 15 is 0 Å². The average Bonchev–Trinajstić information content (AvgIpc) is 3.67. The Morgan fingerprint density at radius 1 is 0.281 bits per heavy atom. The molecule has 0 bridgehead atoms. The van der Waals surface area contributed by atoms with Gasteiger partial charge in [-0.25, -0.2) is 0 Å². The summed E-state index contributed by atoms with van der Waals surface area (Å²) in [5.74, 6) is 0. The molecule has 1 aromatic heterocycles. The van der Waals surface area contributed by atoms with Crippen LogP contribution in [-0.4, -0.2) is 0 Å². The molecular formula is C54H36N2S. The molecule has 268 valence electrons. The molecule has 0 atom stereocenters. The van der Waals surface area contributed by atoms with Crippen LogP contribution in [-0.2, 0) is 0 Å². The molecule has 0 unspecified atom stereocenters. The van der Waals surface area contributed by atoms with Crippen molar-refractivity contribution in [3.8, 4) is 11.1 Å². The summed E-state index contributed by atoms with van der Waals surface area (Å²) in [7, 11) is 0. The third-order valence-corrected chi connectivity index (χ3v) is 12.3. The van der Waals surface area contributed by atoms with E-state index in [9.17, 15) is 0 Å². The van der Waals surface area contributed by atoms with Crippen LogP contribution in [0.1, 0.15) is 0 Å². The SMILES string of the molecule is c1ccc(N(c2ccccc2)c2ccc3cc(-c4ccc5c(c4)sc4c6ccc(N(c7ccccc7)c7ccccc7)cc6c6ccccc6c54)ccc3c2)cc1. The Labute approximate surface area is 335 Å². The summed E-state index contributed by atoms with van der Waals surface area (Å²) in [5.41, 5.74) is 9.28. The second kappa shape index (κ2) is 13.8. The number of benzene rings is 10. The smallest absolute Gasteiger partial charge is 0.0468 e. The van der Waals surface area contributed by atoms with Gasteiger partial charge in [0.2, 0.25) is 0 Å². The topological polar surface area (TPSA) is 6.48 Å². The van der Waals surface area contributed by atoms with Crippen LogP contribution in [0.25, 0.3) is 63.6 Å². The Hall–Kier alpha value is -7.20. The van der Waals surface area contributed by atoms with Gasteiger partial charge in [-0.2, -0.15) is 0 Å². The molecule has 0 saturated heterocycles. The molecule has 10 aromatic carbocycles. The van der Waals surface area contributed by atoms with E-state index < -0.39 is 0 Å². The molecule has 3 heteroatoms. The highest BCUT2D eigenvalue weighted by atomic mass is 32.1. The second-order valence-electron chi connectivity index (χ2n) is 14.6. The minimum Gasteiger partial charge on any atom is -0.310 e. The zero-order valence-corrected chi connectivity index (χ0v) is 31.9. The van der Waals surface area contributed by atoms with Crippen molar-refractivity contribution < 1.29 is 0 Å². The first-order valence-electron chi connectivity index (χ1n) is 19.4. The van der Waals surface area contributed by atoms with Crippen molar-refractivity contribution in [2.75, 3.05) is 9.80 Å². The molecule has 0 saturated carbocycles. The summed E-state index contributed by atoms with van der Waals surface area (Å²) < 4.78 is 2.64. The van der Waals surface area contributed by atoms with Gasteiger partial charge in [0.05, 0.1) is 0 Å². The normalized spacial score (nSPS) is 11.5. The summed E-state index contributed by atoms with van der Waals surface area (Å²) in [6, 6.07) is 79.1. The number of anilines is 6. The number of fused-ring (bicyclic) bond motifs is 9. The van der Waals surface area contributed by atoms with E-state index in [2.05, 4.69) is 228 Å². The molecular weight excluding hydrogens is 709 g/mol. The molecule has 0 fully saturated rings. The van der Waals surface area contributed by atoms with Crippen molar-refractivity contribution in [1.82, 2.24) is 0 Å². The van der Waals surface area contributed by atoms with Crippen molar-refractivity contribution >= 4 is 98.0 Å². The highest BCUT2D eigenvalue weighted by molar-refractivity contribution is 7.27. The maximum Gasteiger partial charge on any atom is 0.0468 e. The van der Waals surface area contributed by atoms with Crippen LogP contribution in [0.4, 0.5) is 34.1 Å². The molecule has 0 N–H and O–H groups in total. The first kappa shape index (κ1) is 33.2. The van der Waals surface area contributed by atoms with Gasteiger partial charge in [0.1, 0.15) is 0 Å². The predicted octanol–water partition coefficient (Wildman–Crippen LogP) is 16.1. The molecule has 11 aromatic rings. The van der Waals surface area contributed by atoms with Gasteiger partial charge in [0.25, 0.3) is 0 Å². The molecule has 1 heterocycles. The Bertz CT molecular complexity index is 3150. The lowest BCUT2D eigenvalue weighted by atomic mass is 9.95. The Balaban J connectivity index is 1.01. The lowest BCUT2D eigenvalue weighted by Crippen LogP contribution is -2.09. The Morgan fingerprint density at radius 3 is 1.35 bits per heavy atom. The van der Waals surface area contributed by atoms with Crippen molar-refractivity contribution in [3.63, 3.8) is 0 Å². The molecule has 11 rings (SSSR count). The van der Waals surface area contributed by atoms with E-state index in [4.69, 9.17) is 0 Å². The first-order chi connectivity index (χ1) is 28.3.